The van der Waals surface area contributed by atoms with Gasteiger partial charge in [0.2, 0.25) is 15.9 Å². The zero-order valence-electron chi connectivity index (χ0n) is 13.9. The first-order chi connectivity index (χ1) is 11.0. The number of hydrogen-bond donors (Lipinski definition) is 1. The molecule has 0 aromatic heterocycles. The lowest BCUT2D eigenvalue weighted by atomic mass is 10.1. The van der Waals surface area contributed by atoms with Crippen molar-refractivity contribution in [3.05, 3.63) is 29.3 Å². The third kappa shape index (κ3) is 5.02. The molecule has 1 aromatic rings. The molecule has 1 N–H and O–H groups in total. The van der Waals surface area contributed by atoms with Crippen LogP contribution in [0.15, 0.2) is 18.2 Å². The largest absolute Gasteiger partial charge is 0.325 e. The number of hydrogen-bond acceptors (Lipinski definition) is 5. The molecule has 0 saturated carbocycles. The summed E-state index contributed by atoms with van der Waals surface area (Å²) < 4.78 is 48.1. The normalized spacial score (nSPS) is 20.2. The van der Waals surface area contributed by atoms with Crippen LogP contribution in [0.3, 0.4) is 0 Å². The van der Waals surface area contributed by atoms with E-state index < -0.39 is 38.4 Å². The van der Waals surface area contributed by atoms with Crippen LogP contribution < -0.4 is 5.32 Å². The van der Waals surface area contributed by atoms with Crippen LogP contribution in [0.1, 0.15) is 17.5 Å². The molecule has 1 saturated heterocycles. The highest BCUT2D eigenvalue weighted by atomic mass is 32.2. The Hall–Kier alpha value is -1.45. The molecule has 1 atom stereocenters. The van der Waals surface area contributed by atoms with Crippen LogP contribution >= 0.6 is 0 Å². The van der Waals surface area contributed by atoms with E-state index in [1.807, 2.05) is 19.9 Å². The molecule has 1 fully saturated rings. The average molecular weight is 374 g/mol. The van der Waals surface area contributed by atoms with Gasteiger partial charge in [-0.1, -0.05) is 6.07 Å². The molecule has 1 heterocycles. The fourth-order valence-corrected chi connectivity index (χ4v) is 5.81. The minimum atomic E-state index is -3.69. The number of rotatable bonds is 5. The van der Waals surface area contributed by atoms with Crippen LogP contribution in [-0.4, -0.2) is 57.4 Å². The van der Waals surface area contributed by atoms with Crippen LogP contribution in [-0.2, 0) is 24.7 Å². The molecule has 9 heteroatoms. The van der Waals surface area contributed by atoms with E-state index in [4.69, 9.17) is 0 Å². The Balaban J connectivity index is 2.13. The molecule has 134 valence electrons. The van der Waals surface area contributed by atoms with Gasteiger partial charge in [0.15, 0.2) is 9.84 Å². The van der Waals surface area contributed by atoms with Crippen molar-refractivity contribution in [2.45, 2.75) is 26.3 Å². The van der Waals surface area contributed by atoms with Crippen LogP contribution in [0.4, 0.5) is 5.69 Å². The van der Waals surface area contributed by atoms with E-state index in [1.165, 1.54) is 0 Å². The molecule has 2 rings (SSSR count). The fraction of sp³-hybridized carbons (Fsp3) is 0.533. The van der Waals surface area contributed by atoms with Gasteiger partial charge in [0.1, 0.15) is 0 Å². The summed E-state index contributed by atoms with van der Waals surface area (Å²) in [5.41, 5.74) is 2.55. The highest BCUT2D eigenvalue weighted by molar-refractivity contribution is 7.92. The van der Waals surface area contributed by atoms with Gasteiger partial charge >= 0.3 is 0 Å². The SMILES string of the molecule is Cc1cc(C)cc(NC(=O)CN(C2CCS(=O)(=O)C2)S(C)(=O)=O)c1. The van der Waals surface area contributed by atoms with Gasteiger partial charge in [-0.15, -0.1) is 0 Å². The van der Waals surface area contributed by atoms with E-state index in [0.29, 0.717) is 5.69 Å². The van der Waals surface area contributed by atoms with E-state index in [0.717, 1.165) is 21.7 Å². The summed E-state index contributed by atoms with van der Waals surface area (Å²) in [6, 6.07) is 4.85. The standard InChI is InChI=1S/C15H22N2O5S2/c1-11-6-12(2)8-13(7-11)16-15(18)9-17(23(3,19)20)14-4-5-24(21,22)10-14/h6-8,14H,4-5,9-10H2,1-3H3,(H,16,18). The molecule has 1 unspecified atom stereocenters. The van der Waals surface area contributed by atoms with Gasteiger partial charge in [-0.25, -0.2) is 16.8 Å². The number of carbonyl (C=O) groups is 1. The number of nitrogens with one attached hydrogen (secondary N) is 1. The third-order valence-corrected chi connectivity index (χ3v) is 6.88. The molecule has 0 spiro atoms. The summed E-state index contributed by atoms with van der Waals surface area (Å²) in [5.74, 6) is -0.783. The zero-order valence-corrected chi connectivity index (χ0v) is 15.6. The summed E-state index contributed by atoms with van der Waals surface area (Å²) >= 11 is 0. The molecule has 1 amide bonds. The van der Waals surface area contributed by atoms with Gasteiger partial charge in [-0.3, -0.25) is 4.79 Å². The second kappa shape index (κ2) is 6.81. The van der Waals surface area contributed by atoms with E-state index in [-0.39, 0.29) is 17.9 Å². The van der Waals surface area contributed by atoms with Crippen molar-refractivity contribution in [2.75, 3.05) is 29.6 Å². The number of aryl methyl sites for hydroxylation is 2. The minimum absolute atomic E-state index is 0.0532. The van der Waals surface area contributed by atoms with Gasteiger partial charge in [0, 0.05) is 11.7 Å². The minimum Gasteiger partial charge on any atom is -0.325 e. The van der Waals surface area contributed by atoms with Gasteiger partial charge < -0.3 is 5.32 Å². The summed E-state index contributed by atoms with van der Waals surface area (Å²) in [6.07, 6.45) is 1.20. The second-order valence-corrected chi connectivity index (χ2v) is 10.5. The maximum Gasteiger partial charge on any atom is 0.239 e. The summed E-state index contributed by atoms with van der Waals surface area (Å²) in [7, 11) is -6.94. The molecular weight excluding hydrogens is 352 g/mol. The van der Waals surface area contributed by atoms with Gasteiger partial charge in [0.25, 0.3) is 0 Å². The van der Waals surface area contributed by atoms with Crippen molar-refractivity contribution < 1.29 is 21.6 Å². The Morgan fingerprint density at radius 1 is 1.25 bits per heavy atom. The summed E-state index contributed by atoms with van der Waals surface area (Å²) in [6.45, 7) is 3.40. The number of sulfonamides is 1. The number of carbonyl (C=O) groups excluding carboxylic acids is 1. The number of sulfone groups is 1. The lowest BCUT2D eigenvalue weighted by Crippen LogP contribution is -2.44. The highest BCUT2D eigenvalue weighted by Gasteiger charge is 2.37. The number of nitrogens with zero attached hydrogens (tertiary/aromatic N) is 1. The van der Waals surface area contributed by atoms with Crippen molar-refractivity contribution in [2.24, 2.45) is 0 Å². The van der Waals surface area contributed by atoms with Crippen molar-refractivity contribution in [3.8, 4) is 0 Å². The molecule has 1 aliphatic heterocycles. The van der Waals surface area contributed by atoms with Gasteiger partial charge in [0.05, 0.1) is 24.3 Å². The Bertz CT molecular complexity index is 826. The molecule has 0 aliphatic carbocycles. The molecule has 0 radical (unpaired) electrons. The first-order valence-corrected chi connectivity index (χ1v) is 11.2. The molecule has 7 nitrogen and oxygen atoms in total. The van der Waals surface area contributed by atoms with Crippen molar-refractivity contribution >= 4 is 31.5 Å². The van der Waals surface area contributed by atoms with Crippen LogP contribution in [0, 0.1) is 13.8 Å². The summed E-state index contributed by atoms with van der Waals surface area (Å²) in [5, 5.41) is 2.68. The van der Waals surface area contributed by atoms with Crippen molar-refractivity contribution in [1.82, 2.24) is 4.31 Å². The van der Waals surface area contributed by atoms with E-state index >= 15 is 0 Å². The molecule has 0 bridgehead atoms. The Labute approximate surface area is 143 Å². The maximum atomic E-state index is 12.2. The second-order valence-electron chi connectivity index (χ2n) is 6.29. The molecule has 24 heavy (non-hydrogen) atoms. The zero-order chi connectivity index (χ0) is 18.1. The van der Waals surface area contributed by atoms with Crippen LogP contribution in [0.2, 0.25) is 0 Å². The van der Waals surface area contributed by atoms with E-state index in [1.54, 1.807) is 12.1 Å². The fourth-order valence-electron chi connectivity index (χ4n) is 2.91. The van der Waals surface area contributed by atoms with Crippen LogP contribution in [0.25, 0.3) is 0 Å². The Kier molecular flexibility index (Phi) is 5.36. The monoisotopic (exact) mass is 374 g/mol. The van der Waals surface area contributed by atoms with Gasteiger partial charge in [-0.2, -0.15) is 4.31 Å². The topological polar surface area (TPSA) is 101 Å². The quantitative estimate of drug-likeness (QED) is 0.817. The summed E-state index contributed by atoms with van der Waals surface area (Å²) in [4.78, 5) is 12.2. The van der Waals surface area contributed by atoms with Gasteiger partial charge in [-0.05, 0) is 43.5 Å². The predicted molar refractivity (Wildman–Crippen MR) is 93.2 cm³/mol. The smallest absolute Gasteiger partial charge is 0.239 e. The lowest BCUT2D eigenvalue weighted by molar-refractivity contribution is -0.116. The first kappa shape index (κ1) is 18.9. The Morgan fingerprint density at radius 2 is 1.83 bits per heavy atom. The number of anilines is 1. The maximum absolute atomic E-state index is 12.2. The predicted octanol–water partition coefficient (Wildman–Crippen LogP) is 0.691. The molecule has 1 aromatic carbocycles. The van der Waals surface area contributed by atoms with Crippen molar-refractivity contribution in [1.29, 1.82) is 0 Å². The average Bonchev–Trinajstić information content (AvgIpc) is 2.73. The first-order valence-electron chi connectivity index (χ1n) is 7.52. The number of benzene rings is 1. The van der Waals surface area contributed by atoms with Crippen LogP contribution in [0.5, 0.6) is 0 Å². The number of amides is 1. The van der Waals surface area contributed by atoms with E-state index in [9.17, 15) is 21.6 Å². The molecular formula is C15H22N2O5S2. The van der Waals surface area contributed by atoms with E-state index in [2.05, 4.69) is 5.32 Å². The molecule has 1 aliphatic rings. The van der Waals surface area contributed by atoms with Crippen molar-refractivity contribution in [3.63, 3.8) is 0 Å². The third-order valence-electron chi connectivity index (χ3n) is 3.85. The highest BCUT2D eigenvalue weighted by Crippen LogP contribution is 2.20. The lowest BCUT2D eigenvalue weighted by Gasteiger charge is -2.25. The Morgan fingerprint density at radius 3 is 2.29 bits per heavy atom.